The zero-order valence-corrected chi connectivity index (χ0v) is 18.6. The third-order valence-electron chi connectivity index (χ3n) is 4.43. The van der Waals surface area contributed by atoms with Gasteiger partial charge in [-0.1, -0.05) is 18.2 Å². The molecule has 152 valence electrons. The van der Waals surface area contributed by atoms with Gasteiger partial charge in [0, 0.05) is 23.9 Å². The van der Waals surface area contributed by atoms with Crippen molar-refractivity contribution >= 4 is 35.6 Å². The largest absolute Gasteiger partial charge is 0.497 e. The molecule has 3 N–H and O–H groups in total. The van der Waals surface area contributed by atoms with E-state index in [-0.39, 0.29) is 30.1 Å². The van der Waals surface area contributed by atoms with E-state index < -0.39 is 0 Å². The van der Waals surface area contributed by atoms with E-state index in [9.17, 15) is 0 Å². The minimum atomic E-state index is 0. The van der Waals surface area contributed by atoms with Crippen molar-refractivity contribution in [3.05, 3.63) is 53.6 Å². The molecule has 1 unspecified atom stereocenters. The number of hydrogen-bond acceptors (Lipinski definition) is 4. The first-order valence-corrected chi connectivity index (χ1v) is 9.19. The molecule has 2 aromatic rings. The van der Waals surface area contributed by atoms with Crippen molar-refractivity contribution in [1.82, 2.24) is 0 Å². The highest BCUT2D eigenvalue weighted by Crippen LogP contribution is 2.23. The zero-order valence-electron chi connectivity index (χ0n) is 16.3. The van der Waals surface area contributed by atoms with E-state index in [0.29, 0.717) is 19.1 Å². The number of benzene rings is 2. The summed E-state index contributed by atoms with van der Waals surface area (Å²) in [4.78, 5) is 4.45. The van der Waals surface area contributed by atoms with Crippen LogP contribution in [0.15, 0.2) is 47.5 Å². The number of nitrogens with two attached hydrogens (primary N) is 1. The molecule has 0 radical (unpaired) electrons. The number of nitrogens with one attached hydrogen (secondary N) is 1. The molecule has 7 heteroatoms. The Balaban J connectivity index is 0.00000280. The van der Waals surface area contributed by atoms with E-state index in [2.05, 4.69) is 16.4 Å². The first-order valence-electron chi connectivity index (χ1n) is 9.19. The van der Waals surface area contributed by atoms with Gasteiger partial charge in [0.15, 0.2) is 5.96 Å². The minimum absolute atomic E-state index is 0. The van der Waals surface area contributed by atoms with E-state index in [1.165, 1.54) is 0 Å². The summed E-state index contributed by atoms with van der Waals surface area (Å²) in [7, 11) is 1.63. The Morgan fingerprint density at radius 2 is 2.14 bits per heavy atom. The van der Waals surface area contributed by atoms with Crippen LogP contribution in [-0.2, 0) is 11.3 Å². The number of rotatable bonds is 7. The normalized spacial score (nSPS) is 16.4. The van der Waals surface area contributed by atoms with Crippen molar-refractivity contribution in [2.24, 2.45) is 10.7 Å². The van der Waals surface area contributed by atoms with Crippen LogP contribution < -0.4 is 20.5 Å². The van der Waals surface area contributed by atoms with Gasteiger partial charge in [0.2, 0.25) is 0 Å². The summed E-state index contributed by atoms with van der Waals surface area (Å²) in [6, 6.07) is 13.7. The molecule has 1 atom stereocenters. The van der Waals surface area contributed by atoms with Gasteiger partial charge in [-0.05, 0) is 43.5 Å². The molecule has 1 aliphatic rings. The average molecular weight is 497 g/mol. The standard InChI is InChI=1S/C21H27N3O3.HI/c1-15-8-9-16(20(11-15)27-14-19-7-4-10-26-19)13-23-21(22)24-17-5-3-6-18(12-17)25-2;/h3,5-6,8-9,11-12,19H,4,7,10,13-14H2,1-2H3,(H3,22,23,24);1H. The van der Waals surface area contributed by atoms with Crippen molar-refractivity contribution < 1.29 is 14.2 Å². The van der Waals surface area contributed by atoms with E-state index in [4.69, 9.17) is 19.9 Å². The van der Waals surface area contributed by atoms with Gasteiger partial charge in [0.1, 0.15) is 18.1 Å². The maximum absolute atomic E-state index is 6.04. The van der Waals surface area contributed by atoms with Gasteiger partial charge >= 0.3 is 0 Å². The molecular formula is C21H28IN3O3. The summed E-state index contributed by atoms with van der Waals surface area (Å²) < 4.78 is 16.9. The smallest absolute Gasteiger partial charge is 0.193 e. The molecule has 1 saturated heterocycles. The summed E-state index contributed by atoms with van der Waals surface area (Å²) in [6.07, 6.45) is 2.34. The van der Waals surface area contributed by atoms with Gasteiger partial charge in [-0.25, -0.2) is 4.99 Å². The molecule has 0 aromatic heterocycles. The third kappa shape index (κ3) is 6.56. The van der Waals surface area contributed by atoms with Crippen LogP contribution in [0, 0.1) is 6.92 Å². The Labute approximate surface area is 183 Å². The van der Waals surface area contributed by atoms with Crippen molar-refractivity contribution in [2.45, 2.75) is 32.4 Å². The number of methoxy groups -OCH3 is 1. The van der Waals surface area contributed by atoms with Gasteiger partial charge in [0.25, 0.3) is 0 Å². The summed E-state index contributed by atoms with van der Waals surface area (Å²) in [5, 5.41) is 3.08. The van der Waals surface area contributed by atoms with Gasteiger partial charge in [-0.2, -0.15) is 0 Å². The lowest BCUT2D eigenvalue weighted by Gasteiger charge is -2.15. The Morgan fingerprint density at radius 1 is 1.29 bits per heavy atom. The fraction of sp³-hybridized carbons (Fsp3) is 0.381. The Morgan fingerprint density at radius 3 is 2.89 bits per heavy atom. The molecular weight excluding hydrogens is 469 g/mol. The topological polar surface area (TPSA) is 78.1 Å². The van der Waals surface area contributed by atoms with Gasteiger partial charge in [-0.15, -0.1) is 24.0 Å². The van der Waals surface area contributed by atoms with Crippen LogP contribution in [0.2, 0.25) is 0 Å². The maximum atomic E-state index is 6.04. The Hall–Kier alpha value is -2.00. The van der Waals surface area contributed by atoms with Crippen molar-refractivity contribution in [3.63, 3.8) is 0 Å². The van der Waals surface area contributed by atoms with Crippen LogP contribution in [0.25, 0.3) is 0 Å². The first-order chi connectivity index (χ1) is 13.1. The molecule has 0 amide bonds. The van der Waals surface area contributed by atoms with Crippen LogP contribution in [-0.4, -0.2) is 32.4 Å². The fourth-order valence-electron chi connectivity index (χ4n) is 2.94. The lowest BCUT2D eigenvalue weighted by Crippen LogP contribution is -2.22. The quantitative estimate of drug-likeness (QED) is 0.342. The third-order valence-corrected chi connectivity index (χ3v) is 4.43. The maximum Gasteiger partial charge on any atom is 0.193 e. The van der Waals surface area contributed by atoms with E-state index in [0.717, 1.165) is 47.8 Å². The molecule has 0 saturated carbocycles. The molecule has 1 aliphatic heterocycles. The lowest BCUT2D eigenvalue weighted by molar-refractivity contribution is 0.0676. The van der Waals surface area contributed by atoms with E-state index in [1.54, 1.807) is 7.11 Å². The van der Waals surface area contributed by atoms with Crippen LogP contribution >= 0.6 is 24.0 Å². The number of anilines is 1. The number of guanidine groups is 1. The number of hydrogen-bond donors (Lipinski definition) is 2. The van der Waals surface area contributed by atoms with Crippen LogP contribution in [0.3, 0.4) is 0 Å². The number of ether oxygens (including phenoxy) is 3. The summed E-state index contributed by atoms with van der Waals surface area (Å²) in [6.45, 7) is 3.87. The Bertz CT molecular complexity index is 792. The van der Waals surface area contributed by atoms with Crippen molar-refractivity contribution in [3.8, 4) is 11.5 Å². The second-order valence-electron chi connectivity index (χ2n) is 6.62. The minimum Gasteiger partial charge on any atom is -0.497 e. The average Bonchev–Trinajstić information content (AvgIpc) is 3.19. The fourth-order valence-corrected chi connectivity index (χ4v) is 2.94. The number of halogens is 1. The van der Waals surface area contributed by atoms with E-state index in [1.807, 2.05) is 43.3 Å². The highest BCUT2D eigenvalue weighted by atomic mass is 127. The molecule has 3 rings (SSSR count). The van der Waals surface area contributed by atoms with Crippen LogP contribution in [0.5, 0.6) is 11.5 Å². The second kappa shape index (κ2) is 11.1. The van der Waals surface area contributed by atoms with Gasteiger partial charge in [0.05, 0.1) is 19.8 Å². The number of aryl methyl sites for hydroxylation is 1. The lowest BCUT2D eigenvalue weighted by atomic mass is 10.1. The molecule has 28 heavy (non-hydrogen) atoms. The predicted octanol–water partition coefficient (Wildman–Crippen LogP) is 4.11. The second-order valence-corrected chi connectivity index (χ2v) is 6.62. The molecule has 0 bridgehead atoms. The summed E-state index contributed by atoms with van der Waals surface area (Å²) in [5.74, 6) is 1.94. The molecule has 1 heterocycles. The van der Waals surface area contributed by atoms with Crippen molar-refractivity contribution in [2.75, 3.05) is 25.6 Å². The predicted molar refractivity (Wildman–Crippen MR) is 123 cm³/mol. The molecule has 1 fully saturated rings. The van der Waals surface area contributed by atoms with E-state index >= 15 is 0 Å². The molecule has 0 aliphatic carbocycles. The van der Waals surface area contributed by atoms with Gasteiger partial charge in [-0.3, -0.25) is 0 Å². The summed E-state index contributed by atoms with van der Waals surface area (Å²) in [5.41, 5.74) is 9.00. The van der Waals surface area contributed by atoms with Crippen molar-refractivity contribution in [1.29, 1.82) is 0 Å². The monoisotopic (exact) mass is 497 g/mol. The number of aliphatic imine (C=N–C) groups is 1. The van der Waals surface area contributed by atoms with Gasteiger partial charge < -0.3 is 25.3 Å². The molecule has 6 nitrogen and oxygen atoms in total. The van der Waals surface area contributed by atoms with Crippen LogP contribution in [0.1, 0.15) is 24.0 Å². The zero-order chi connectivity index (χ0) is 19.1. The summed E-state index contributed by atoms with van der Waals surface area (Å²) >= 11 is 0. The highest BCUT2D eigenvalue weighted by Gasteiger charge is 2.16. The molecule has 0 spiro atoms. The number of nitrogens with zero attached hydrogens (tertiary/aromatic N) is 1. The van der Waals surface area contributed by atoms with Crippen LogP contribution in [0.4, 0.5) is 5.69 Å². The first kappa shape index (κ1) is 22.3. The Kier molecular flexibility index (Phi) is 8.85. The highest BCUT2D eigenvalue weighted by molar-refractivity contribution is 14.0. The SMILES string of the molecule is COc1cccc(NC(N)=NCc2ccc(C)cc2OCC2CCCO2)c1.I. The molecule has 2 aromatic carbocycles.